The second-order valence-electron chi connectivity index (χ2n) is 5.36. The first-order valence-electron chi connectivity index (χ1n) is 6.86. The molecule has 20 heavy (non-hydrogen) atoms. The first-order chi connectivity index (χ1) is 9.55. The van der Waals surface area contributed by atoms with E-state index in [0.29, 0.717) is 0 Å². The molecule has 0 aromatic heterocycles. The lowest BCUT2D eigenvalue weighted by Crippen LogP contribution is -2.47. The average Bonchev–Trinajstić information content (AvgIpc) is 2.64. The Bertz CT molecular complexity index is 463. The highest BCUT2D eigenvalue weighted by atomic mass is 79.9. The summed E-state index contributed by atoms with van der Waals surface area (Å²) in [7, 11) is 3.55. The maximum atomic E-state index is 12.3. The fraction of sp³-hybridized carbons (Fsp3) is 0.533. The number of hydrogen-bond acceptors (Lipinski definition) is 4. The normalized spacial score (nSPS) is 23.9. The molecule has 1 aliphatic heterocycles. The van der Waals surface area contributed by atoms with Gasteiger partial charge in [-0.2, -0.15) is 0 Å². The molecule has 110 valence electrons. The van der Waals surface area contributed by atoms with Gasteiger partial charge in [0.25, 0.3) is 0 Å². The van der Waals surface area contributed by atoms with Crippen LogP contribution < -0.4 is 5.32 Å². The number of rotatable bonds is 3. The van der Waals surface area contributed by atoms with Gasteiger partial charge < -0.3 is 15.0 Å². The highest BCUT2D eigenvalue weighted by Crippen LogP contribution is 2.29. The number of carbonyl (C=O) groups excluding carboxylic acids is 1. The predicted molar refractivity (Wildman–Crippen MR) is 83.9 cm³/mol. The number of benzene rings is 1. The van der Waals surface area contributed by atoms with Gasteiger partial charge in [-0.3, -0.25) is 0 Å². The molecule has 4 nitrogen and oxygen atoms in total. The standard InChI is InChI=1S/C15H21BrN2O2/c1-18-10-3-8-15(9-11-18,14(19)20-2)17-13-6-4-12(16)5-7-13/h4-7,17H,3,8-11H2,1-2H3. The number of nitrogens with one attached hydrogen (secondary N) is 1. The van der Waals surface area contributed by atoms with Crippen molar-refractivity contribution in [3.8, 4) is 0 Å². The van der Waals surface area contributed by atoms with E-state index < -0.39 is 5.54 Å². The molecule has 0 radical (unpaired) electrons. The summed E-state index contributed by atoms with van der Waals surface area (Å²) in [6, 6.07) is 7.89. The van der Waals surface area contributed by atoms with Gasteiger partial charge in [0, 0.05) is 16.7 Å². The molecule has 1 aromatic rings. The zero-order valence-corrected chi connectivity index (χ0v) is 13.6. The topological polar surface area (TPSA) is 41.6 Å². The molecule has 2 rings (SSSR count). The molecule has 1 N–H and O–H groups in total. The summed E-state index contributed by atoms with van der Waals surface area (Å²) in [5.74, 6) is -0.171. The Hall–Kier alpha value is -1.07. The molecule has 0 aliphatic carbocycles. The van der Waals surface area contributed by atoms with Crippen LogP contribution >= 0.6 is 15.9 Å². The first kappa shape index (κ1) is 15.3. The zero-order valence-electron chi connectivity index (χ0n) is 12.0. The number of likely N-dealkylation sites (tertiary alicyclic amines) is 1. The molecular formula is C15H21BrN2O2. The van der Waals surface area contributed by atoms with E-state index in [1.807, 2.05) is 24.3 Å². The third-order valence-electron chi connectivity index (χ3n) is 3.87. The molecule has 5 heteroatoms. The van der Waals surface area contributed by atoms with Gasteiger partial charge in [-0.15, -0.1) is 0 Å². The number of halogens is 1. The van der Waals surface area contributed by atoms with E-state index in [9.17, 15) is 4.79 Å². The highest BCUT2D eigenvalue weighted by Gasteiger charge is 2.40. The molecule has 1 aromatic carbocycles. The molecule has 1 saturated heterocycles. The Morgan fingerprint density at radius 3 is 2.65 bits per heavy atom. The van der Waals surface area contributed by atoms with E-state index in [1.165, 1.54) is 7.11 Å². The van der Waals surface area contributed by atoms with Gasteiger partial charge in [-0.1, -0.05) is 15.9 Å². The molecule has 1 atom stereocenters. The van der Waals surface area contributed by atoms with Crippen molar-refractivity contribution in [3.05, 3.63) is 28.7 Å². The fourth-order valence-corrected chi connectivity index (χ4v) is 2.92. The Balaban J connectivity index is 2.22. The largest absolute Gasteiger partial charge is 0.467 e. The maximum Gasteiger partial charge on any atom is 0.331 e. The lowest BCUT2D eigenvalue weighted by molar-refractivity contribution is -0.146. The summed E-state index contributed by atoms with van der Waals surface area (Å²) in [5.41, 5.74) is 0.330. The highest BCUT2D eigenvalue weighted by molar-refractivity contribution is 9.10. The van der Waals surface area contributed by atoms with Gasteiger partial charge in [0.15, 0.2) is 0 Å². The van der Waals surface area contributed by atoms with Gasteiger partial charge in [-0.25, -0.2) is 4.79 Å². The summed E-state index contributed by atoms with van der Waals surface area (Å²) in [6.07, 6.45) is 2.53. The van der Waals surface area contributed by atoms with E-state index in [-0.39, 0.29) is 5.97 Å². The predicted octanol–water partition coefficient (Wildman–Crippen LogP) is 2.89. The molecule has 0 spiro atoms. The van der Waals surface area contributed by atoms with E-state index in [0.717, 1.165) is 42.5 Å². The number of nitrogens with zero attached hydrogens (tertiary/aromatic N) is 1. The van der Waals surface area contributed by atoms with Crippen LogP contribution in [0.2, 0.25) is 0 Å². The first-order valence-corrected chi connectivity index (χ1v) is 7.66. The summed E-state index contributed by atoms with van der Waals surface area (Å²) in [6.45, 7) is 1.90. The summed E-state index contributed by atoms with van der Waals surface area (Å²) in [4.78, 5) is 14.6. The van der Waals surface area contributed by atoms with Crippen molar-refractivity contribution in [2.75, 3.05) is 32.6 Å². The van der Waals surface area contributed by atoms with Crippen LogP contribution in [0.3, 0.4) is 0 Å². The number of anilines is 1. The van der Waals surface area contributed by atoms with E-state index in [4.69, 9.17) is 4.74 Å². The van der Waals surface area contributed by atoms with Crippen molar-refractivity contribution in [2.24, 2.45) is 0 Å². The second kappa shape index (κ2) is 6.59. The van der Waals surface area contributed by atoms with Crippen molar-refractivity contribution in [1.29, 1.82) is 0 Å². The van der Waals surface area contributed by atoms with Crippen molar-refractivity contribution in [1.82, 2.24) is 4.90 Å². The number of methoxy groups -OCH3 is 1. The molecular weight excluding hydrogens is 320 g/mol. The maximum absolute atomic E-state index is 12.3. The van der Waals surface area contributed by atoms with Crippen molar-refractivity contribution < 1.29 is 9.53 Å². The smallest absolute Gasteiger partial charge is 0.331 e. The van der Waals surface area contributed by atoms with Crippen LogP contribution in [-0.2, 0) is 9.53 Å². The average molecular weight is 341 g/mol. The molecule has 0 amide bonds. The monoisotopic (exact) mass is 340 g/mol. The van der Waals surface area contributed by atoms with Crippen LogP contribution in [0.25, 0.3) is 0 Å². The summed E-state index contributed by atoms with van der Waals surface area (Å²) >= 11 is 3.42. The Morgan fingerprint density at radius 2 is 2.00 bits per heavy atom. The summed E-state index contributed by atoms with van der Waals surface area (Å²) < 4.78 is 6.07. The molecule has 1 heterocycles. The zero-order chi connectivity index (χ0) is 14.6. The van der Waals surface area contributed by atoms with Gasteiger partial charge in [0.2, 0.25) is 0 Å². The van der Waals surface area contributed by atoms with Crippen LogP contribution in [0.15, 0.2) is 28.7 Å². The van der Waals surface area contributed by atoms with Crippen LogP contribution in [-0.4, -0.2) is 43.7 Å². The lowest BCUT2D eigenvalue weighted by atomic mass is 9.90. The van der Waals surface area contributed by atoms with Gasteiger partial charge in [-0.05, 0) is 57.1 Å². The second-order valence-corrected chi connectivity index (χ2v) is 6.28. The number of hydrogen-bond donors (Lipinski definition) is 1. The van der Waals surface area contributed by atoms with Crippen molar-refractivity contribution >= 4 is 27.6 Å². The van der Waals surface area contributed by atoms with Crippen LogP contribution in [0.5, 0.6) is 0 Å². The van der Waals surface area contributed by atoms with Gasteiger partial charge >= 0.3 is 5.97 Å². The third kappa shape index (κ3) is 3.52. The summed E-state index contributed by atoms with van der Waals surface area (Å²) in [5, 5.41) is 3.41. The third-order valence-corrected chi connectivity index (χ3v) is 4.40. The van der Waals surface area contributed by atoms with E-state index in [1.54, 1.807) is 0 Å². The minimum absolute atomic E-state index is 0.171. The SMILES string of the molecule is COC(=O)C1(Nc2ccc(Br)cc2)CCCN(C)CC1. The fourth-order valence-electron chi connectivity index (χ4n) is 2.65. The number of esters is 1. The Morgan fingerprint density at radius 1 is 1.30 bits per heavy atom. The molecule has 1 unspecified atom stereocenters. The molecule has 1 fully saturated rings. The molecule has 0 saturated carbocycles. The van der Waals surface area contributed by atoms with Gasteiger partial charge in [0.1, 0.15) is 5.54 Å². The number of ether oxygens (including phenoxy) is 1. The number of carbonyl (C=O) groups is 1. The van der Waals surface area contributed by atoms with Gasteiger partial charge in [0.05, 0.1) is 7.11 Å². The van der Waals surface area contributed by atoms with Crippen LogP contribution in [0.1, 0.15) is 19.3 Å². The minimum atomic E-state index is -0.618. The van der Waals surface area contributed by atoms with Crippen molar-refractivity contribution in [2.45, 2.75) is 24.8 Å². The van der Waals surface area contributed by atoms with Crippen LogP contribution in [0, 0.1) is 0 Å². The molecule has 1 aliphatic rings. The minimum Gasteiger partial charge on any atom is -0.467 e. The molecule has 0 bridgehead atoms. The van der Waals surface area contributed by atoms with E-state index in [2.05, 4.69) is 33.2 Å². The Kier molecular flexibility index (Phi) is 5.05. The quantitative estimate of drug-likeness (QED) is 0.859. The Labute approximate surface area is 128 Å². The van der Waals surface area contributed by atoms with Crippen LogP contribution in [0.4, 0.5) is 5.69 Å². The van der Waals surface area contributed by atoms with Crippen molar-refractivity contribution in [3.63, 3.8) is 0 Å². The lowest BCUT2D eigenvalue weighted by Gasteiger charge is -2.32. The van der Waals surface area contributed by atoms with E-state index >= 15 is 0 Å².